The first-order valence-electron chi connectivity index (χ1n) is 11.9. The number of pyridine rings is 1. The lowest BCUT2D eigenvalue weighted by molar-refractivity contribution is 0.444. The van der Waals surface area contributed by atoms with E-state index < -0.39 is 13.9 Å². The summed E-state index contributed by atoms with van der Waals surface area (Å²) in [6.07, 6.45) is 4.17. The summed E-state index contributed by atoms with van der Waals surface area (Å²) in [5.41, 5.74) is 5.88. The fourth-order valence-electron chi connectivity index (χ4n) is 5.50. The van der Waals surface area contributed by atoms with Gasteiger partial charge in [-0.3, -0.25) is 0 Å². The molecule has 0 spiro atoms. The molecule has 3 rings (SSSR count). The Balaban J connectivity index is 2.33. The van der Waals surface area contributed by atoms with Gasteiger partial charge in [0.05, 0.1) is 5.39 Å². The van der Waals surface area contributed by atoms with Gasteiger partial charge in [-0.25, -0.2) is 19.3 Å². The second-order valence-electron chi connectivity index (χ2n) is 10.2. The molecule has 3 heterocycles. The third-order valence-electron chi connectivity index (χ3n) is 7.11. The summed E-state index contributed by atoms with van der Waals surface area (Å²) in [6, 6.07) is 0. The van der Waals surface area contributed by atoms with E-state index in [-0.39, 0.29) is 10.7 Å². The van der Waals surface area contributed by atoms with Crippen molar-refractivity contribution in [3.63, 3.8) is 0 Å². The first kappa shape index (κ1) is 26.2. The Bertz CT molecular complexity index is 1060. The normalized spacial score (nSPS) is 17.2. The number of nitrogens with zero attached hydrogens (tertiary/aromatic N) is 4. The predicted octanol–water partition coefficient (Wildman–Crippen LogP) is 7.35. The maximum Gasteiger partial charge on any atom is 0.189 e. The smallest absolute Gasteiger partial charge is 0.189 e. The molecule has 1 fully saturated rings. The van der Waals surface area contributed by atoms with Crippen LogP contribution >= 0.6 is 23.4 Å². The van der Waals surface area contributed by atoms with E-state index in [1.807, 2.05) is 6.26 Å². The van der Waals surface area contributed by atoms with Gasteiger partial charge < -0.3 is 4.90 Å². The second-order valence-corrected chi connectivity index (χ2v) is 16.9. The van der Waals surface area contributed by atoms with Gasteiger partial charge in [-0.15, -0.1) is 5.54 Å². The molecule has 1 aliphatic heterocycles. The van der Waals surface area contributed by atoms with Gasteiger partial charge in [0.2, 0.25) is 0 Å². The van der Waals surface area contributed by atoms with Crippen LogP contribution in [0.25, 0.3) is 10.9 Å². The first-order valence-corrected chi connectivity index (χ1v) is 15.7. The quantitative estimate of drug-likeness (QED) is 0.139. The summed E-state index contributed by atoms with van der Waals surface area (Å²) in [5.74, 6) is 4.08. The number of piperidine rings is 1. The van der Waals surface area contributed by atoms with Crippen LogP contribution in [0.5, 0.6) is 0 Å². The van der Waals surface area contributed by atoms with Gasteiger partial charge in [0.15, 0.2) is 16.1 Å². The Morgan fingerprint density at radius 2 is 1.73 bits per heavy atom. The highest BCUT2D eigenvalue weighted by molar-refractivity contribution is 7.98. The molecule has 1 atom stereocenters. The molecule has 0 amide bonds. The lowest BCUT2D eigenvalue weighted by Gasteiger charge is -2.38. The Morgan fingerprint density at radius 3 is 2.27 bits per heavy atom. The van der Waals surface area contributed by atoms with E-state index in [4.69, 9.17) is 16.6 Å². The van der Waals surface area contributed by atoms with Gasteiger partial charge in [-0.2, -0.15) is 0 Å². The number of anilines is 1. The van der Waals surface area contributed by atoms with Crippen molar-refractivity contribution in [2.45, 2.75) is 83.1 Å². The summed E-state index contributed by atoms with van der Waals surface area (Å²) in [7, 11) is -2.01. The van der Waals surface area contributed by atoms with Crippen LogP contribution in [-0.4, -0.2) is 42.4 Å². The highest BCUT2D eigenvalue weighted by Crippen LogP contribution is 2.41. The van der Waals surface area contributed by atoms with Gasteiger partial charge in [0.1, 0.15) is 25.1 Å². The van der Waals surface area contributed by atoms with Crippen LogP contribution in [0, 0.1) is 23.2 Å². The molecule has 0 bridgehead atoms. The Hall–Kier alpha value is -1.36. The van der Waals surface area contributed by atoms with Crippen LogP contribution in [0.3, 0.4) is 0 Å². The summed E-state index contributed by atoms with van der Waals surface area (Å²) in [6.45, 7) is 17.7. The van der Waals surface area contributed by atoms with Gasteiger partial charge in [0, 0.05) is 13.1 Å². The molecule has 1 saturated heterocycles. The fourth-order valence-corrected chi connectivity index (χ4v) is 11.2. The van der Waals surface area contributed by atoms with Crippen molar-refractivity contribution in [2.24, 2.45) is 5.92 Å². The van der Waals surface area contributed by atoms with Crippen LogP contribution in [0.15, 0.2) is 5.16 Å². The molecule has 0 radical (unpaired) electrons. The number of hydrogen-bond donors (Lipinski definition) is 0. The average Bonchev–Trinajstić information content (AvgIpc) is 2.75. The molecule has 180 valence electrons. The Labute approximate surface area is 208 Å². The van der Waals surface area contributed by atoms with E-state index in [1.54, 1.807) is 0 Å². The number of hydrogen-bond acceptors (Lipinski definition) is 5. The minimum absolute atomic E-state index is 0.179. The summed E-state index contributed by atoms with van der Waals surface area (Å²) < 4.78 is 15.2. The van der Waals surface area contributed by atoms with E-state index in [1.165, 1.54) is 18.2 Å². The number of halogens is 2. The molecular weight excluding hydrogens is 471 g/mol. The van der Waals surface area contributed by atoms with Crippen molar-refractivity contribution < 1.29 is 4.39 Å². The fraction of sp³-hybridized carbons (Fsp3) is 0.640. The zero-order valence-corrected chi connectivity index (χ0v) is 23.7. The molecule has 0 saturated carbocycles. The van der Waals surface area contributed by atoms with E-state index >= 15 is 4.39 Å². The van der Waals surface area contributed by atoms with Crippen LogP contribution in [0.1, 0.15) is 67.0 Å². The first-order chi connectivity index (χ1) is 15.5. The second kappa shape index (κ2) is 10.5. The highest BCUT2D eigenvalue weighted by Gasteiger charge is 2.41. The average molecular weight is 507 g/mol. The summed E-state index contributed by atoms with van der Waals surface area (Å²) >= 11 is 7.67. The van der Waals surface area contributed by atoms with Crippen molar-refractivity contribution in [3.05, 3.63) is 16.7 Å². The third-order valence-corrected chi connectivity index (χ3v) is 14.2. The Morgan fingerprint density at radius 1 is 1.09 bits per heavy atom. The van der Waals surface area contributed by atoms with Crippen molar-refractivity contribution in [1.29, 1.82) is 0 Å². The highest BCUT2D eigenvalue weighted by atomic mass is 35.5. The lowest BCUT2D eigenvalue weighted by atomic mass is 10.00. The number of aromatic nitrogens is 3. The molecule has 0 N–H and O–H groups in total. The maximum absolute atomic E-state index is 15.2. The molecule has 33 heavy (non-hydrogen) atoms. The SMILES string of the molecule is CSc1nc(N2CCC[C@@H](C)C2)c2c(C#C[Si](C(C)C)(C(C)C)C(C)C)nc(Cl)c(F)c2n1. The van der Waals surface area contributed by atoms with E-state index in [0.717, 1.165) is 25.3 Å². The summed E-state index contributed by atoms with van der Waals surface area (Å²) in [5, 5.41) is 0.947. The molecule has 2 aromatic rings. The van der Waals surface area contributed by atoms with E-state index in [2.05, 4.69) is 74.8 Å². The maximum atomic E-state index is 15.2. The van der Waals surface area contributed by atoms with Gasteiger partial charge >= 0.3 is 0 Å². The minimum Gasteiger partial charge on any atom is -0.356 e. The molecule has 4 nitrogen and oxygen atoms in total. The van der Waals surface area contributed by atoms with Crippen LogP contribution in [0.4, 0.5) is 10.2 Å². The standard InChI is InChI=1S/C25H36ClFN4SSi/c1-15(2)33(16(3)4,17(5)6)13-11-19-20-22(21(27)23(26)28-19)29-25(32-8)30-24(20)31-12-9-10-18(7)14-31/h15-18H,9-10,12,14H2,1-8H3/t18-/m1/s1. The van der Waals surface area contributed by atoms with Crippen LogP contribution in [0.2, 0.25) is 21.8 Å². The zero-order chi connectivity index (χ0) is 24.5. The van der Waals surface area contributed by atoms with Gasteiger partial charge in [0.25, 0.3) is 0 Å². The topological polar surface area (TPSA) is 41.9 Å². The molecule has 0 aromatic carbocycles. The molecular formula is C25H36ClFN4SSi. The van der Waals surface area contributed by atoms with Crippen LogP contribution in [-0.2, 0) is 0 Å². The summed E-state index contributed by atoms with van der Waals surface area (Å²) in [4.78, 5) is 16.0. The predicted molar refractivity (Wildman–Crippen MR) is 143 cm³/mol. The van der Waals surface area contributed by atoms with Crippen molar-refractivity contribution >= 4 is 48.2 Å². The molecule has 0 unspecified atom stereocenters. The molecule has 0 aliphatic carbocycles. The Kier molecular flexibility index (Phi) is 8.35. The third kappa shape index (κ3) is 5.04. The van der Waals surface area contributed by atoms with Crippen molar-refractivity contribution in [3.8, 4) is 11.5 Å². The van der Waals surface area contributed by atoms with E-state index in [0.29, 0.717) is 38.8 Å². The molecule has 1 aliphatic rings. The molecule has 8 heteroatoms. The lowest BCUT2D eigenvalue weighted by Crippen LogP contribution is -2.43. The largest absolute Gasteiger partial charge is 0.356 e. The van der Waals surface area contributed by atoms with E-state index in [9.17, 15) is 0 Å². The zero-order valence-electron chi connectivity index (χ0n) is 21.1. The van der Waals surface area contributed by atoms with Gasteiger partial charge in [-0.05, 0) is 41.6 Å². The number of rotatable bonds is 5. The van der Waals surface area contributed by atoms with Crippen LogP contribution < -0.4 is 4.90 Å². The van der Waals surface area contributed by atoms with Crippen molar-refractivity contribution in [2.75, 3.05) is 24.2 Å². The number of thioether (sulfide) groups is 1. The number of fused-ring (bicyclic) bond motifs is 1. The monoisotopic (exact) mass is 506 g/mol. The van der Waals surface area contributed by atoms with Crippen molar-refractivity contribution in [1.82, 2.24) is 15.0 Å². The molecule has 2 aromatic heterocycles. The minimum atomic E-state index is -2.01. The van der Waals surface area contributed by atoms with Gasteiger partial charge in [-0.1, -0.05) is 77.7 Å².